The molecule has 188 valence electrons. The van der Waals surface area contributed by atoms with Gasteiger partial charge in [-0.05, 0) is 46.7 Å². The van der Waals surface area contributed by atoms with Gasteiger partial charge in [-0.25, -0.2) is 4.39 Å². The van der Waals surface area contributed by atoms with Crippen LogP contribution in [0.1, 0.15) is 27.6 Å². The van der Waals surface area contributed by atoms with Gasteiger partial charge in [-0.2, -0.15) is 0 Å². The summed E-state index contributed by atoms with van der Waals surface area (Å²) in [7, 11) is 0. The number of ether oxygens (including phenoxy) is 1. The van der Waals surface area contributed by atoms with Crippen molar-refractivity contribution in [2.75, 3.05) is 45.9 Å². The van der Waals surface area contributed by atoms with Crippen LogP contribution in [-0.2, 0) is 27.4 Å². The summed E-state index contributed by atoms with van der Waals surface area (Å²) in [4.78, 5) is 32.9. The summed E-state index contributed by atoms with van der Waals surface area (Å²) < 4.78 is 19.6. The Bertz CT molecular complexity index is 1190. The molecule has 0 radical (unpaired) electrons. The van der Waals surface area contributed by atoms with Gasteiger partial charge >= 0.3 is 0 Å². The van der Waals surface area contributed by atoms with E-state index in [0.29, 0.717) is 32.8 Å². The summed E-state index contributed by atoms with van der Waals surface area (Å²) in [6.45, 7) is 3.47. The van der Waals surface area contributed by atoms with E-state index in [1.807, 2.05) is 41.3 Å². The fourth-order valence-electron chi connectivity index (χ4n) is 5.01. The average molecular weight is 508 g/mol. The van der Waals surface area contributed by atoms with Crippen LogP contribution in [0.2, 0.25) is 0 Å². The lowest BCUT2D eigenvalue weighted by atomic mass is 9.93. The Kier molecular flexibility index (Phi) is 7.75. The first-order valence-corrected chi connectivity index (χ1v) is 13.2. The molecule has 5 rings (SSSR count). The van der Waals surface area contributed by atoms with Gasteiger partial charge in [0.15, 0.2) is 0 Å². The van der Waals surface area contributed by atoms with Gasteiger partial charge in [0, 0.05) is 37.6 Å². The molecule has 1 fully saturated rings. The number of carbonyl (C=O) groups excluding carboxylic acids is 2. The fraction of sp³-hybridized carbons (Fsp3) is 0.357. The molecule has 0 bridgehead atoms. The Morgan fingerprint density at radius 1 is 0.917 bits per heavy atom. The fourth-order valence-corrected chi connectivity index (χ4v) is 5.91. The van der Waals surface area contributed by atoms with Crippen molar-refractivity contribution in [3.63, 3.8) is 0 Å². The van der Waals surface area contributed by atoms with Crippen LogP contribution in [0, 0.1) is 5.82 Å². The van der Waals surface area contributed by atoms with Crippen molar-refractivity contribution < 1.29 is 18.7 Å². The number of fused-ring (bicyclic) bond motifs is 1. The Balaban J connectivity index is 1.15. The Labute approximate surface area is 214 Å². The van der Waals surface area contributed by atoms with Gasteiger partial charge < -0.3 is 14.5 Å². The van der Waals surface area contributed by atoms with Crippen LogP contribution in [0.15, 0.2) is 66.0 Å². The van der Waals surface area contributed by atoms with Crippen molar-refractivity contribution >= 4 is 23.2 Å². The largest absolute Gasteiger partial charge is 0.367 e. The Morgan fingerprint density at radius 3 is 2.42 bits per heavy atom. The second-order valence-electron chi connectivity index (χ2n) is 9.22. The van der Waals surface area contributed by atoms with E-state index >= 15 is 0 Å². The van der Waals surface area contributed by atoms with Gasteiger partial charge in [0.25, 0.3) is 0 Å². The van der Waals surface area contributed by atoms with Crippen LogP contribution in [0.25, 0.3) is 0 Å². The van der Waals surface area contributed by atoms with Crippen LogP contribution < -0.4 is 0 Å². The quantitative estimate of drug-likeness (QED) is 0.489. The standard InChI is InChI=1S/C28H30FN3O3S/c29-23-8-4-7-22(17-23)28-24-10-16-36-25(24)9-11-32(28)18-26(33)30-12-14-31(15-13-30)27(34)20-35-19-21-5-2-1-3-6-21/h1-8,10,16-17,28H,9,11-15,18-20H2/t28-/m0/s1. The van der Waals surface area contributed by atoms with Gasteiger partial charge in [-0.15, -0.1) is 11.3 Å². The van der Waals surface area contributed by atoms with Crippen molar-refractivity contribution in [1.82, 2.24) is 14.7 Å². The number of hydrogen-bond donors (Lipinski definition) is 0. The Morgan fingerprint density at radius 2 is 1.67 bits per heavy atom. The second kappa shape index (κ2) is 11.3. The van der Waals surface area contributed by atoms with Crippen LogP contribution >= 0.6 is 11.3 Å². The van der Waals surface area contributed by atoms with Crippen molar-refractivity contribution in [3.8, 4) is 0 Å². The zero-order valence-corrected chi connectivity index (χ0v) is 21.0. The lowest BCUT2D eigenvalue weighted by Gasteiger charge is -2.39. The van der Waals surface area contributed by atoms with E-state index in [1.165, 1.54) is 10.9 Å². The monoisotopic (exact) mass is 507 g/mol. The van der Waals surface area contributed by atoms with Crippen molar-refractivity contribution in [2.45, 2.75) is 19.1 Å². The van der Waals surface area contributed by atoms with E-state index in [-0.39, 0.29) is 36.8 Å². The minimum absolute atomic E-state index is 0.0366. The topological polar surface area (TPSA) is 53.1 Å². The molecule has 3 aromatic rings. The number of piperazine rings is 1. The van der Waals surface area contributed by atoms with E-state index in [2.05, 4.69) is 16.3 Å². The van der Waals surface area contributed by atoms with Crippen LogP contribution in [-0.4, -0.2) is 72.4 Å². The van der Waals surface area contributed by atoms with Crippen molar-refractivity contribution in [1.29, 1.82) is 0 Å². The van der Waals surface area contributed by atoms with E-state index in [0.717, 1.165) is 29.7 Å². The van der Waals surface area contributed by atoms with Gasteiger partial charge in [0.2, 0.25) is 11.8 Å². The molecular weight excluding hydrogens is 477 g/mol. The van der Waals surface area contributed by atoms with E-state index in [9.17, 15) is 14.0 Å². The third-order valence-corrected chi connectivity index (χ3v) is 7.89. The molecule has 0 unspecified atom stereocenters. The maximum atomic E-state index is 14.0. The summed E-state index contributed by atoms with van der Waals surface area (Å²) in [6.07, 6.45) is 0.886. The molecule has 2 aromatic carbocycles. The van der Waals surface area contributed by atoms with E-state index < -0.39 is 0 Å². The Hall–Kier alpha value is -3.07. The number of halogens is 1. The minimum Gasteiger partial charge on any atom is -0.367 e. The highest BCUT2D eigenvalue weighted by molar-refractivity contribution is 7.10. The number of amides is 2. The molecule has 6 nitrogen and oxygen atoms in total. The first kappa shape index (κ1) is 24.6. The first-order chi connectivity index (χ1) is 17.6. The third-order valence-electron chi connectivity index (χ3n) is 6.89. The van der Waals surface area contributed by atoms with Gasteiger partial charge in [-0.3, -0.25) is 14.5 Å². The molecule has 2 aliphatic rings. The smallest absolute Gasteiger partial charge is 0.248 e. The molecule has 0 saturated carbocycles. The molecule has 3 heterocycles. The number of hydrogen-bond acceptors (Lipinski definition) is 5. The molecule has 8 heteroatoms. The van der Waals surface area contributed by atoms with Gasteiger partial charge in [0.05, 0.1) is 19.2 Å². The minimum atomic E-state index is -0.269. The average Bonchev–Trinajstić information content (AvgIpc) is 3.38. The lowest BCUT2D eigenvalue weighted by molar-refractivity contribution is -0.143. The summed E-state index contributed by atoms with van der Waals surface area (Å²) >= 11 is 1.72. The highest BCUT2D eigenvalue weighted by Crippen LogP contribution is 2.37. The van der Waals surface area contributed by atoms with Crippen LogP contribution in [0.3, 0.4) is 0 Å². The van der Waals surface area contributed by atoms with Gasteiger partial charge in [0.1, 0.15) is 12.4 Å². The first-order valence-electron chi connectivity index (χ1n) is 12.3. The van der Waals surface area contributed by atoms with Gasteiger partial charge in [-0.1, -0.05) is 42.5 Å². The molecule has 0 spiro atoms. The molecule has 1 saturated heterocycles. The zero-order chi connectivity index (χ0) is 24.9. The number of nitrogens with zero attached hydrogens (tertiary/aromatic N) is 3. The zero-order valence-electron chi connectivity index (χ0n) is 20.1. The normalized spacial score (nSPS) is 18.2. The number of rotatable bonds is 7. The number of benzene rings is 2. The predicted octanol–water partition coefficient (Wildman–Crippen LogP) is 3.72. The third kappa shape index (κ3) is 5.67. The van der Waals surface area contributed by atoms with Crippen molar-refractivity contribution in [3.05, 3.63) is 93.4 Å². The molecule has 0 N–H and O–H groups in total. The van der Waals surface area contributed by atoms with Crippen LogP contribution in [0.5, 0.6) is 0 Å². The maximum absolute atomic E-state index is 14.0. The molecule has 36 heavy (non-hydrogen) atoms. The van der Waals surface area contributed by atoms with E-state index in [1.54, 1.807) is 28.4 Å². The number of carbonyl (C=O) groups is 2. The molecule has 2 aliphatic heterocycles. The van der Waals surface area contributed by atoms with E-state index in [4.69, 9.17) is 4.74 Å². The van der Waals surface area contributed by atoms with Crippen LogP contribution in [0.4, 0.5) is 4.39 Å². The summed E-state index contributed by atoms with van der Waals surface area (Å²) in [5, 5.41) is 2.07. The number of thiophene rings is 1. The summed E-state index contributed by atoms with van der Waals surface area (Å²) in [6, 6.07) is 18.4. The lowest BCUT2D eigenvalue weighted by Crippen LogP contribution is -2.53. The highest BCUT2D eigenvalue weighted by Gasteiger charge is 2.33. The molecule has 0 aliphatic carbocycles. The molecule has 2 amide bonds. The second-order valence-corrected chi connectivity index (χ2v) is 10.2. The SMILES string of the molecule is O=C(COCc1ccccc1)N1CCN(C(=O)CN2CCc3sccc3[C@@H]2c2cccc(F)c2)CC1. The highest BCUT2D eigenvalue weighted by atomic mass is 32.1. The van der Waals surface area contributed by atoms with Crippen molar-refractivity contribution in [2.24, 2.45) is 0 Å². The molecule has 1 atom stereocenters. The predicted molar refractivity (Wildman–Crippen MR) is 137 cm³/mol. The molecular formula is C28H30FN3O3S. The molecule has 1 aromatic heterocycles. The maximum Gasteiger partial charge on any atom is 0.248 e. The summed E-state index contributed by atoms with van der Waals surface area (Å²) in [5.74, 6) is -0.276. The summed E-state index contributed by atoms with van der Waals surface area (Å²) in [5.41, 5.74) is 3.06.